The third-order valence-corrected chi connectivity index (χ3v) is 13.8. The number of hydrogen-bond acceptors (Lipinski definition) is 4. The van der Waals surface area contributed by atoms with Crippen molar-refractivity contribution in [1.29, 1.82) is 0 Å². The normalized spacial score (nSPS) is 22.1. The Morgan fingerprint density at radius 3 is 2.21 bits per heavy atom. The molecule has 3 aromatic rings. The van der Waals surface area contributed by atoms with Crippen LogP contribution in [-0.2, 0) is 20.7 Å². The van der Waals surface area contributed by atoms with Crippen molar-refractivity contribution in [3.8, 4) is 0 Å². The number of aromatic nitrogens is 3. The molecule has 0 amide bonds. The summed E-state index contributed by atoms with van der Waals surface area (Å²) in [4.78, 5) is 55.4. The van der Waals surface area contributed by atoms with Crippen molar-refractivity contribution in [2.75, 3.05) is 6.61 Å². The van der Waals surface area contributed by atoms with Crippen LogP contribution in [-0.4, -0.2) is 47.7 Å². The monoisotopic (exact) mass is 849 g/mol. The van der Waals surface area contributed by atoms with Gasteiger partial charge >= 0.3 is 29.0 Å². The first-order chi connectivity index (χ1) is 29.3. The maximum absolute atomic E-state index is 14.1. The van der Waals surface area contributed by atoms with Crippen LogP contribution in [0, 0.1) is 50.4 Å². The van der Waals surface area contributed by atoms with Gasteiger partial charge in [0.1, 0.15) is 18.8 Å². The number of carbonyl (C=O) groups is 3. The van der Waals surface area contributed by atoms with Crippen LogP contribution >= 0.6 is 0 Å². The summed E-state index contributed by atoms with van der Waals surface area (Å²) in [7, 11) is 0. The van der Waals surface area contributed by atoms with Crippen molar-refractivity contribution in [1.82, 2.24) is 15.0 Å². The average Bonchev–Trinajstić information content (AvgIpc) is 3.97. The molecule has 3 aliphatic rings. The topological polar surface area (TPSA) is 117 Å². The van der Waals surface area contributed by atoms with Crippen molar-refractivity contribution in [2.24, 2.45) is 29.6 Å². The molecule has 6 rings (SSSR count). The molecular weight excluding hydrogens is 781 g/mol. The van der Waals surface area contributed by atoms with Gasteiger partial charge in [0.15, 0.2) is 5.78 Å². The summed E-state index contributed by atoms with van der Waals surface area (Å²) in [6.07, 6.45) is 24.6. The van der Waals surface area contributed by atoms with Crippen molar-refractivity contribution < 1.29 is 19.1 Å². The molecule has 0 saturated carbocycles. The van der Waals surface area contributed by atoms with E-state index >= 15 is 0 Å². The molecule has 8 nitrogen and oxygen atoms in total. The van der Waals surface area contributed by atoms with Crippen LogP contribution in [0.4, 0.5) is 0 Å². The first-order valence-electron chi connectivity index (χ1n) is 23.1. The van der Waals surface area contributed by atoms with Crippen LogP contribution in [0.15, 0.2) is 29.6 Å². The molecule has 3 aromatic heterocycles. The van der Waals surface area contributed by atoms with Crippen LogP contribution in [0.3, 0.4) is 0 Å². The molecule has 0 N–H and O–H groups in total. The third-order valence-electron chi connectivity index (χ3n) is 13.8. The minimum atomic E-state index is -1.02. The Morgan fingerprint density at radius 2 is 1.53 bits per heavy atom. The van der Waals surface area contributed by atoms with E-state index in [4.69, 9.17) is 25.0 Å². The number of allylic oxidation sites excluding steroid dienone is 4. The van der Waals surface area contributed by atoms with Crippen molar-refractivity contribution >= 4 is 71.0 Å². The molecule has 1 fully saturated rings. The number of ether oxygens (including phenoxy) is 1. The van der Waals surface area contributed by atoms with Crippen LogP contribution in [0.1, 0.15) is 180 Å². The van der Waals surface area contributed by atoms with Gasteiger partial charge in [0.05, 0.1) is 0 Å². The Bertz CT molecular complexity index is 2350. The third kappa shape index (κ3) is 10.6. The molecular formula is C53H68MgN4O4-2. The molecule has 5 heterocycles. The van der Waals surface area contributed by atoms with E-state index in [2.05, 4.69) is 55.0 Å². The zero-order chi connectivity index (χ0) is 44.0. The number of aldehydes is 1. The van der Waals surface area contributed by atoms with E-state index < -0.39 is 5.92 Å². The number of Topliss-reactive ketones (excluding diaryl/α,β-unsaturated/α-hetero) is 1. The van der Waals surface area contributed by atoms with E-state index in [-0.39, 0.29) is 59.7 Å². The zero-order valence-electron chi connectivity index (χ0n) is 39.1. The predicted molar refractivity (Wildman–Crippen MR) is 254 cm³/mol. The molecule has 1 aliphatic carbocycles. The quantitative estimate of drug-likeness (QED) is 0.0278. The fraction of sp³-hybridized carbons (Fsp3) is 0.528. The fourth-order valence-corrected chi connectivity index (χ4v) is 9.77. The van der Waals surface area contributed by atoms with Crippen LogP contribution in [0.2, 0.25) is 0 Å². The maximum atomic E-state index is 14.1. The van der Waals surface area contributed by atoms with Gasteiger partial charge in [0.25, 0.3) is 0 Å². The van der Waals surface area contributed by atoms with Crippen LogP contribution in [0.25, 0.3) is 35.2 Å². The Morgan fingerprint density at radius 1 is 0.855 bits per heavy atom. The second-order valence-electron chi connectivity index (χ2n) is 18.3. The van der Waals surface area contributed by atoms with Crippen molar-refractivity contribution in [2.45, 2.75) is 146 Å². The number of ketones is 1. The van der Waals surface area contributed by atoms with Gasteiger partial charge in [-0.3, -0.25) is 9.59 Å². The second kappa shape index (κ2) is 22.0. The van der Waals surface area contributed by atoms with Gasteiger partial charge in [0.2, 0.25) is 0 Å². The van der Waals surface area contributed by atoms with E-state index in [1.54, 1.807) is 0 Å². The molecule has 0 aromatic carbocycles. The standard InChI is InChI=1S/C53H69N4O4.Mg/c1-11-14-15-18-31(4)19-16-20-32(5)21-17-22-33(6)25-26-61-48(59)24-23-40-36(9)44-27-42-34(7)38(12-2)46(54-42)28-43-35(8)39(13-3)47(55-43)29-45-37(10)49-52(57-45)50(51(40)56-44)41(30-58)53(49)60;/h12,25,27-32,36,40-41H,2,11,13-24,26H2,1,3-10H3,(H-,56,57,60);/q-3;+2/p-1/b33-25+,43-28-,44-27-,47-29-;/t31-,32-,36+,40+,41-;/m1./s1. The van der Waals surface area contributed by atoms with Crippen LogP contribution in [0.5, 0.6) is 0 Å². The molecule has 0 spiro atoms. The van der Waals surface area contributed by atoms with Gasteiger partial charge in [-0.15, -0.1) is 33.5 Å². The number of fused-ring (bicyclic) bond motifs is 7. The maximum Gasteiger partial charge on any atom is 2.00 e. The summed E-state index contributed by atoms with van der Waals surface area (Å²) in [6, 6.07) is 0. The minimum Gasteiger partial charge on any atom is -0.664 e. The van der Waals surface area contributed by atoms with E-state index in [9.17, 15) is 14.4 Å². The van der Waals surface area contributed by atoms with E-state index in [1.165, 1.54) is 56.9 Å². The predicted octanol–water partition coefficient (Wildman–Crippen LogP) is 10.1. The number of unbranched alkanes of at least 4 members (excludes halogenated alkanes) is 2. The van der Waals surface area contributed by atoms with Gasteiger partial charge in [-0.1, -0.05) is 150 Å². The Kier molecular flexibility index (Phi) is 17.4. The van der Waals surface area contributed by atoms with Gasteiger partial charge in [0, 0.05) is 12.0 Å². The molecule has 2 aliphatic heterocycles. The average molecular weight is 849 g/mol. The first kappa shape index (κ1) is 48.9. The van der Waals surface area contributed by atoms with E-state index in [0.717, 1.165) is 93.0 Å². The molecule has 0 unspecified atom stereocenters. The van der Waals surface area contributed by atoms with Crippen LogP contribution < -0.4 is 25.7 Å². The number of esters is 1. The molecule has 8 bridgehead atoms. The molecule has 62 heavy (non-hydrogen) atoms. The smallest absolute Gasteiger partial charge is 0.664 e. The van der Waals surface area contributed by atoms with Gasteiger partial charge in [-0.2, -0.15) is 11.4 Å². The number of carbonyl (C=O) groups excluding carboxylic acids is 3. The summed E-state index contributed by atoms with van der Waals surface area (Å²) in [5.74, 6) is -0.399. The van der Waals surface area contributed by atoms with E-state index in [0.29, 0.717) is 34.6 Å². The number of hydrogen-bond donors (Lipinski definition) is 0. The molecule has 9 heteroatoms. The summed E-state index contributed by atoms with van der Waals surface area (Å²) in [6.45, 7) is 23.7. The van der Waals surface area contributed by atoms with Crippen molar-refractivity contribution in [3.63, 3.8) is 0 Å². The largest absolute Gasteiger partial charge is 2.00 e. The SMILES string of the molecule is C=Cc1c2[n-]c(c1C)/C=C1\[N-]/C(=C3\c4[n-]c(c(C)c4C(=O)[C@@H]3C=O)/C=c3\[n-]/c(c(C)c3CC)=C\2)[C@@H](CCC(=O)OC/C=C(\C)CCC[C@H](C)CCC[C@H](C)CCCCC)[C@@H]1C.[Mg+2]. The Labute approximate surface area is 386 Å². The number of nitrogens with zero attached hydrogens (tertiary/aromatic N) is 4. The first-order valence-corrected chi connectivity index (χ1v) is 23.1. The Hall–Kier alpha value is -4.08. The van der Waals surface area contributed by atoms with Gasteiger partial charge < -0.3 is 29.8 Å². The summed E-state index contributed by atoms with van der Waals surface area (Å²) in [5, 5.41) is 6.85. The number of rotatable bonds is 20. The summed E-state index contributed by atoms with van der Waals surface area (Å²) in [5.41, 5.74) is 11.2. The Balaban J connectivity index is 0.00000726. The second-order valence-corrected chi connectivity index (χ2v) is 18.3. The van der Waals surface area contributed by atoms with E-state index in [1.807, 2.05) is 44.2 Å². The molecule has 0 radical (unpaired) electrons. The molecule has 5 atom stereocenters. The van der Waals surface area contributed by atoms with Crippen molar-refractivity contribution in [3.05, 3.63) is 102 Å². The summed E-state index contributed by atoms with van der Waals surface area (Å²) < 4.78 is 5.76. The zero-order valence-corrected chi connectivity index (χ0v) is 40.5. The van der Waals surface area contributed by atoms with Gasteiger partial charge in [-0.05, 0) is 88.7 Å². The summed E-state index contributed by atoms with van der Waals surface area (Å²) >= 11 is 0. The van der Waals surface area contributed by atoms with Gasteiger partial charge in [-0.25, -0.2) is 0 Å². The minimum absolute atomic E-state index is 0. The molecule has 1 saturated heterocycles. The molecule has 328 valence electrons. The fourth-order valence-electron chi connectivity index (χ4n) is 9.77.